The molecule has 0 bridgehead atoms. The average Bonchev–Trinajstić information content (AvgIpc) is 2.73. The molecule has 0 aromatic heterocycles. The van der Waals surface area contributed by atoms with Gasteiger partial charge in [0.25, 0.3) is 0 Å². The molecule has 1 aromatic carbocycles. The van der Waals surface area contributed by atoms with Crippen molar-refractivity contribution in [2.24, 2.45) is 11.5 Å². The SMILES string of the molecule is C=C(Nc1ccc(C)c(/C(N)=C/C(C)=C(/C=C\CC)NC)c1)C(=C/C)/C=C(\N)N(F)F. The summed E-state index contributed by atoms with van der Waals surface area (Å²) >= 11 is 0. The van der Waals surface area contributed by atoms with Crippen LogP contribution in [0.15, 0.2) is 83.5 Å². The van der Waals surface area contributed by atoms with E-state index in [0.717, 1.165) is 40.6 Å². The number of anilines is 1. The topological polar surface area (TPSA) is 79.3 Å². The highest BCUT2D eigenvalue weighted by molar-refractivity contribution is 5.72. The number of likely N-dealkylation sites (N-methyl/N-ethyl adjacent to an activating group) is 1. The molecule has 0 radical (unpaired) electrons. The van der Waals surface area contributed by atoms with Crippen LogP contribution in [0.5, 0.6) is 0 Å². The molecule has 5 nitrogen and oxygen atoms in total. The van der Waals surface area contributed by atoms with Crippen LogP contribution in [-0.2, 0) is 0 Å². The predicted octanol–water partition coefficient (Wildman–Crippen LogP) is 5.50. The van der Waals surface area contributed by atoms with E-state index in [1.807, 2.05) is 51.2 Å². The largest absolute Gasteiger partial charge is 0.398 e. The fourth-order valence-electron chi connectivity index (χ4n) is 2.85. The van der Waals surface area contributed by atoms with E-state index < -0.39 is 11.2 Å². The van der Waals surface area contributed by atoms with Crippen LogP contribution in [0.1, 0.15) is 38.3 Å². The van der Waals surface area contributed by atoms with Gasteiger partial charge in [-0.1, -0.05) is 40.7 Å². The molecule has 0 aliphatic rings. The van der Waals surface area contributed by atoms with Gasteiger partial charge in [-0.05, 0) is 79.6 Å². The van der Waals surface area contributed by atoms with Crippen LogP contribution in [0.25, 0.3) is 5.70 Å². The molecule has 6 N–H and O–H groups in total. The number of nitrogens with two attached hydrogens (primary N) is 2. The Bertz CT molecular complexity index is 937. The summed E-state index contributed by atoms with van der Waals surface area (Å²) in [6.45, 7) is 11.7. The summed E-state index contributed by atoms with van der Waals surface area (Å²) in [6.07, 6.45) is 9.76. The molecule has 31 heavy (non-hydrogen) atoms. The first-order valence-electron chi connectivity index (χ1n) is 9.99. The summed E-state index contributed by atoms with van der Waals surface area (Å²) in [4.78, 5) is 0. The Kier molecular flexibility index (Phi) is 10.1. The molecule has 0 spiro atoms. The second-order valence-corrected chi connectivity index (χ2v) is 6.94. The molecule has 0 saturated heterocycles. The molecule has 1 rings (SSSR count). The molecule has 0 unspecified atom stereocenters. The number of rotatable bonds is 10. The highest BCUT2D eigenvalue weighted by Crippen LogP contribution is 2.24. The minimum atomic E-state index is -1.14. The molecular formula is C24H33F2N5. The van der Waals surface area contributed by atoms with E-state index in [9.17, 15) is 8.96 Å². The van der Waals surface area contributed by atoms with Gasteiger partial charge in [-0.15, -0.1) is 0 Å². The van der Waals surface area contributed by atoms with Gasteiger partial charge in [0.1, 0.15) is 0 Å². The van der Waals surface area contributed by atoms with Gasteiger partial charge in [-0.25, -0.2) is 0 Å². The number of aryl methyl sites for hydroxylation is 1. The Balaban J connectivity index is 3.22. The number of hydrogen-bond donors (Lipinski definition) is 4. The maximum absolute atomic E-state index is 12.6. The van der Waals surface area contributed by atoms with Crippen LogP contribution < -0.4 is 22.1 Å². The average molecular weight is 430 g/mol. The Labute approximate surface area is 184 Å². The number of benzene rings is 1. The highest BCUT2D eigenvalue weighted by atomic mass is 19.4. The Morgan fingerprint density at radius 1 is 1.23 bits per heavy atom. The lowest BCUT2D eigenvalue weighted by molar-refractivity contribution is -0.118. The number of allylic oxidation sites excluding steroid dienone is 6. The van der Waals surface area contributed by atoms with Crippen molar-refractivity contribution in [2.75, 3.05) is 12.4 Å². The van der Waals surface area contributed by atoms with E-state index in [1.54, 1.807) is 13.0 Å². The van der Waals surface area contributed by atoms with E-state index in [0.29, 0.717) is 17.0 Å². The third-order valence-corrected chi connectivity index (χ3v) is 4.59. The van der Waals surface area contributed by atoms with Gasteiger partial charge < -0.3 is 22.1 Å². The highest BCUT2D eigenvalue weighted by Gasteiger charge is 2.09. The van der Waals surface area contributed by atoms with E-state index in [-0.39, 0.29) is 0 Å². The predicted molar refractivity (Wildman–Crippen MR) is 127 cm³/mol. The number of halogens is 2. The van der Waals surface area contributed by atoms with Gasteiger partial charge in [0.15, 0.2) is 5.82 Å². The van der Waals surface area contributed by atoms with Gasteiger partial charge >= 0.3 is 0 Å². The van der Waals surface area contributed by atoms with Gasteiger partial charge in [-0.3, -0.25) is 0 Å². The Morgan fingerprint density at radius 2 is 1.90 bits per heavy atom. The van der Waals surface area contributed by atoms with E-state index >= 15 is 0 Å². The minimum Gasteiger partial charge on any atom is -0.398 e. The summed E-state index contributed by atoms with van der Waals surface area (Å²) in [5.41, 5.74) is 17.8. The summed E-state index contributed by atoms with van der Waals surface area (Å²) in [5, 5.41) is 5.17. The second kappa shape index (κ2) is 12.3. The molecule has 168 valence electrons. The number of nitrogens with one attached hydrogen (secondary N) is 2. The molecule has 0 amide bonds. The Hall–Kier alpha value is -3.48. The summed E-state index contributed by atoms with van der Waals surface area (Å²) in [7, 11) is 1.87. The van der Waals surface area contributed by atoms with Crippen molar-refractivity contribution in [3.63, 3.8) is 0 Å². The Morgan fingerprint density at radius 3 is 2.45 bits per heavy atom. The van der Waals surface area contributed by atoms with E-state index in [4.69, 9.17) is 11.5 Å². The maximum Gasteiger partial charge on any atom is 0.166 e. The van der Waals surface area contributed by atoms with E-state index in [2.05, 4.69) is 30.2 Å². The van der Waals surface area contributed by atoms with E-state index in [1.165, 1.54) is 0 Å². The van der Waals surface area contributed by atoms with Crippen LogP contribution in [-0.4, -0.2) is 12.4 Å². The van der Waals surface area contributed by atoms with Crippen LogP contribution in [0, 0.1) is 6.92 Å². The van der Waals surface area contributed by atoms with Crippen LogP contribution in [0.3, 0.4) is 0 Å². The van der Waals surface area contributed by atoms with Gasteiger partial charge in [-0.2, -0.15) is 0 Å². The van der Waals surface area contributed by atoms with Crippen LogP contribution in [0.2, 0.25) is 0 Å². The fourth-order valence-corrected chi connectivity index (χ4v) is 2.85. The van der Waals surface area contributed by atoms with Crippen molar-refractivity contribution in [1.82, 2.24) is 10.7 Å². The summed E-state index contributed by atoms with van der Waals surface area (Å²) in [5.74, 6) is -0.674. The molecular weight excluding hydrogens is 396 g/mol. The van der Waals surface area contributed by atoms with Crippen molar-refractivity contribution in [3.05, 3.63) is 94.6 Å². The van der Waals surface area contributed by atoms with Gasteiger partial charge in [0.05, 0.1) is 0 Å². The molecule has 0 aliphatic heterocycles. The zero-order valence-corrected chi connectivity index (χ0v) is 18.9. The van der Waals surface area contributed by atoms with Crippen molar-refractivity contribution in [1.29, 1.82) is 0 Å². The lowest BCUT2D eigenvalue weighted by Gasteiger charge is -2.15. The summed E-state index contributed by atoms with van der Waals surface area (Å²) < 4.78 is 25.2. The quantitative estimate of drug-likeness (QED) is 0.292. The van der Waals surface area contributed by atoms with Crippen molar-refractivity contribution in [3.8, 4) is 0 Å². The normalized spacial score (nSPS) is 13.8. The zero-order valence-electron chi connectivity index (χ0n) is 18.9. The van der Waals surface area contributed by atoms with Crippen molar-refractivity contribution < 1.29 is 8.96 Å². The zero-order chi connectivity index (χ0) is 23.6. The third-order valence-electron chi connectivity index (χ3n) is 4.59. The number of hydrogen-bond acceptors (Lipinski definition) is 5. The standard InChI is InChI=1S/C24H33F2N5/c1-7-9-10-23(29-6)17(4)13-22(27)21-15-20(12-11-16(21)3)30-18(5)19(8-2)14-24(28)31(25)26/h8-15,29-30H,5,7,27-28H2,1-4,6H3/b10-9-,19-8+,22-13-,23-17-,24-14+. The van der Waals surface area contributed by atoms with Crippen molar-refractivity contribution >= 4 is 11.4 Å². The molecule has 0 aliphatic carbocycles. The maximum atomic E-state index is 12.6. The molecule has 7 heteroatoms. The smallest absolute Gasteiger partial charge is 0.166 e. The first-order chi connectivity index (χ1) is 14.6. The fraction of sp³-hybridized carbons (Fsp3) is 0.250. The third kappa shape index (κ3) is 7.70. The minimum absolute atomic E-state index is 0.433. The summed E-state index contributed by atoms with van der Waals surface area (Å²) in [6, 6.07) is 5.71. The molecule has 0 fully saturated rings. The lowest BCUT2D eigenvalue weighted by Crippen LogP contribution is -2.12. The lowest BCUT2D eigenvalue weighted by atomic mass is 10.0. The van der Waals surface area contributed by atoms with Gasteiger partial charge in [0, 0.05) is 35.4 Å². The molecule has 1 aromatic rings. The number of nitrogens with zero attached hydrogens (tertiary/aromatic N) is 1. The molecule has 0 atom stereocenters. The van der Waals surface area contributed by atoms with Gasteiger partial charge in [0.2, 0.25) is 0 Å². The first-order valence-corrected chi connectivity index (χ1v) is 9.99. The second-order valence-electron chi connectivity index (χ2n) is 6.94. The monoisotopic (exact) mass is 429 g/mol. The molecule has 0 heterocycles. The first kappa shape index (κ1) is 25.6. The van der Waals surface area contributed by atoms with Crippen molar-refractivity contribution in [2.45, 2.75) is 34.1 Å². The molecule has 0 saturated carbocycles. The van der Waals surface area contributed by atoms with Crippen LogP contribution >= 0.6 is 0 Å². The van der Waals surface area contributed by atoms with Crippen LogP contribution in [0.4, 0.5) is 14.6 Å².